The van der Waals surface area contributed by atoms with E-state index in [1.807, 2.05) is 12.1 Å². The minimum atomic E-state index is -0.248. The molecule has 7 nitrogen and oxygen atoms in total. The van der Waals surface area contributed by atoms with Crippen molar-refractivity contribution < 1.29 is 4.79 Å². The predicted molar refractivity (Wildman–Crippen MR) is 127 cm³/mol. The van der Waals surface area contributed by atoms with Crippen LogP contribution in [0.2, 0.25) is 0 Å². The summed E-state index contributed by atoms with van der Waals surface area (Å²) in [7, 11) is 0. The summed E-state index contributed by atoms with van der Waals surface area (Å²) in [4.78, 5) is 32.6. The first-order chi connectivity index (χ1) is 15.5. The Kier molecular flexibility index (Phi) is 5.61. The van der Waals surface area contributed by atoms with Crippen molar-refractivity contribution >= 4 is 22.6 Å². The predicted octanol–water partition coefficient (Wildman–Crippen LogP) is 3.53. The molecule has 0 bridgehead atoms. The molecule has 2 saturated heterocycles. The van der Waals surface area contributed by atoms with Crippen LogP contribution in [-0.4, -0.2) is 45.4 Å². The van der Waals surface area contributed by atoms with Crippen LogP contribution in [0.1, 0.15) is 50.6 Å². The van der Waals surface area contributed by atoms with Crippen molar-refractivity contribution in [3.63, 3.8) is 0 Å². The molecular weight excluding hydrogens is 402 g/mol. The Morgan fingerprint density at radius 3 is 2.75 bits per heavy atom. The van der Waals surface area contributed by atoms with E-state index in [0.29, 0.717) is 23.8 Å². The van der Waals surface area contributed by atoms with Gasteiger partial charge in [0.05, 0.1) is 17.6 Å². The molecule has 0 radical (unpaired) electrons. The van der Waals surface area contributed by atoms with Crippen LogP contribution in [-0.2, 0) is 4.79 Å². The lowest BCUT2D eigenvalue weighted by Gasteiger charge is -2.38. The first-order valence-electron chi connectivity index (χ1n) is 11.6. The van der Waals surface area contributed by atoms with Crippen LogP contribution in [0.4, 0.5) is 5.69 Å². The van der Waals surface area contributed by atoms with Crippen molar-refractivity contribution in [1.82, 2.24) is 20.2 Å². The molecule has 0 aliphatic carbocycles. The zero-order valence-corrected chi connectivity index (χ0v) is 18.5. The summed E-state index contributed by atoms with van der Waals surface area (Å²) in [6.45, 7) is 3.69. The molecule has 168 valence electrons. The second kappa shape index (κ2) is 8.56. The van der Waals surface area contributed by atoms with Gasteiger partial charge in [0, 0.05) is 23.3 Å². The van der Waals surface area contributed by atoms with Gasteiger partial charge in [-0.3, -0.25) is 9.69 Å². The smallest absolute Gasteiger partial charge is 0.323 e. The molecule has 2 fully saturated rings. The number of hydrogen-bond acceptors (Lipinski definition) is 4. The van der Waals surface area contributed by atoms with Crippen LogP contribution in [0.15, 0.2) is 53.3 Å². The average molecular weight is 434 g/mol. The lowest BCUT2D eigenvalue weighted by molar-refractivity contribution is -0.118. The van der Waals surface area contributed by atoms with E-state index in [0.717, 1.165) is 24.9 Å². The van der Waals surface area contributed by atoms with E-state index in [-0.39, 0.29) is 23.2 Å². The van der Waals surface area contributed by atoms with E-state index < -0.39 is 0 Å². The zero-order valence-electron chi connectivity index (χ0n) is 18.5. The molecule has 0 spiro atoms. The number of rotatable bonds is 4. The Morgan fingerprint density at radius 2 is 1.91 bits per heavy atom. The maximum absolute atomic E-state index is 13.2. The minimum Gasteiger partial charge on any atom is -0.325 e. The van der Waals surface area contributed by atoms with Crippen molar-refractivity contribution in [1.29, 1.82) is 0 Å². The van der Waals surface area contributed by atoms with Gasteiger partial charge in [-0.25, -0.2) is 4.79 Å². The number of fused-ring (bicyclic) bond motifs is 2. The number of likely N-dealkylation sites (tertiary alicyclic amines) is 1. The largest absolute Gasteiger partial charge is 0.325 e. The first-order valence-corrected chi connectivity index (χ1v) is 11.6. The zero-order chi connectivity index (χ0) is 22.1. The topological polar surface area (TPSA) is 93.0 Å². The van der Waals surface area contributed by atoms with Gasteiger partial charge in [0.2, 0.25) is 5.91 Å². The number of benzene rings is 2. The van der Waals surface area contributed by atoms with E-state index in [4.69, 9.17) is 0 Å². The summed E-state index contributed by atoms with van der Waals surface area (Å²) >= 11 is 0. The second-order valence-electron chi connectivity index (χ2n) is 9.40. The molecule has 0 saturated carbocycles. The van der Waals surface area contributed by atoms with Gasteiger partial charge in [-0.1, -0.05) is 43.2 Å². The third-order valence-electron chi connectivity index (χ3n) is 7.15. The number of amides is 1. The van der Waals surface area contributed by atoms with Crippen molar-refractivity contribution in [3.8, 4) is 0 Å². The van der Waals surface area contributed by atoms with Gasteiger partial charge in [0.25, 0.3) is 0 Å². The molecule has 2 aromatic carbocycles. The maximum Gasteiger partial charge on any atom is 0.323 e. The van der Waals surface area contributed by atoms with E-state index in [1.54, 1.807) is 12.1 Å². The van der Waals surface area contributed by atoms with Crippen molar-refractivity contribution in [2.75, 3.05) is 18.4 Å². The quantitative estimate of drug-likeness (QED) is 0.506. The molecule has 2 aliphatic rings. The number of carbonyl (C=O) groups is 1. The van der Waals surface area contributed by atoms with Gasteiger partial charge in [-0.2, -0.15) is 0 Å². The van der Waals surface area contributed by atoms with Gasteiger partial charge in [-0.05, 0) is 56.5 Å². The molecule has 7 heteroatoms. The van der Waals surface area contributed by atoms with Crippen molar-refractivity contribution in [2.24, 2.45) is 0 Å². The van der Waals surface area contributed by atoms with E-state index >= 15 is 0 Å². The van der Waals surface area contributed by atoms with Crippen LogP contribution in [0.3, 0.4) is 0 Å². The van der Waals surface area contributed by atoms with Crippen LogP contribution < -0.4 is 16.3 Å². The highest BCUT2D eigenvalue weighted by molar-refractivity contribution is 5.94. The molecule has 0 unspecified atom stereocenters. The summed E-state index contributed by atoms with van der Waals surface area (Å²) in [5.74, 6) is -0.0329. The molecular formula is C25H31N5O2. The summed E-state index contributed by atoms with van der Waals surface area (Å²) in [6.07, 6.45) is 5.72. The van der Waals surface area contributed by atoms with Gasteiger partial charge in [0.15, 0.2) is 0 Å². The highest BCUT2D eigenvalue weighted by Crippen LogP contribution is 2.44. The lowest BCUT2D eigenvalue weighted by atomic mass is 9.85. The van der Waals surface area contributed by atoms with Crippen LogP contribution in [0, 0.1) is 0 Å². The Bertz CT molecular complexity index is 1150. The Labute approximate surface area is 187 Å². The van der Waals surface area contributed by atoms with Gasteiger partial charge < -0.3 is 20.6 Å². The minimum absolute atomic E-state index is 0.00920. The fourth-order valence-electron chi connectivity index (χ4n) is 5.61. The standard InChI is InChI=1S/C25H31N5O2/c1-25-15-21(17-8-4-2-5-9-17)30(22(25)10-6-3-7-13-26-25)16-23(31)27-18-11-12-19-20(14-18)29-24(32)28-19/h2,4-5,8-9,11-12,14,21-22,26H,3,6-7,10,13,15-16H2,1H3,(H,27,31)(H2,28,29,32)/t21-,22-,25-/m0/s1. The number of anilines is 1. The molecule has 4 N–H and O–H groups in total. The normalized spacial score (nSPS) is 26.4. The summed E-state index contributed by atoms with van der Waals surface area (Å²) in [6, 6.07) is 16.5. The highest BCUT2D eigenvalue weighted by atomic mass is 16.2. The molecule has 1 aromatic heterocycles. The van der Waals surface area contributed by atoms with E-state index in [1.165, 1.54) is 24.8 Å². The molecule has 1 amide bonds. The number of aromatic amines is 2. The van der Waals surface area contributed by atoms with Crippen LogP contribution in [0.5, 0.6) is 0 Å². The number of aromatic nitrogens is 2. The van der Waals surface area contributed by atoms with Crippen LogP contribution >= 0.6 is 0 Å². The first kappa shape index (κ1) is 21.0. The van der Waals surface area contributed by atoms with Gasteiger partial charge in [-0.15, -0.1) is 0 Å². The number of carbonyl (C=O) groups excluding carboxylic acids is 1. The number of nitrogens with zero attached hydrogens (tertiary/aromatic N) is 1. The molecule has 3 atom stereocenters. The van der Waals surface area contributed by atoms with E-state index in [9.17, 15) is 9.59 Å². The third-order valence-corrected chi connectivity index (χ3v) is 7.15. The molecule has 2 aliphatic heterocycles. The number of hydrogen-bond donors (Lipinski definition) is 4. The van der Waals surface area contributed by atoms with Crippen molar-refractivity contribution in [3.05, 3.63) is 64.6 Å². The van der Waals surface area contributed by atoms with E-state index in [2.05, 4.69) is 56.7 Å². The van der Waals surface area contributed by atoms with Gasteiger partial charge in [0.1, 0.15) is 0 Å². The Morgan fingerprint density at radius 1 is 1.09 bits per heavy atom. The number of H-pyrrole nitrogens is 2. The fraction of sp³-hybridized carbons (Fsp3) is 0.440. The molecule has 3 heterocycles. The molecule has 5 rings (SSSR count). The van der Waals surface area contributed by atoms with Crippen molar-refractivity contribution in [2.45, 2.75) is 56.7 Å². The SMILES string of the molecule is C[C@]12C[C@@H](c3ccccc3)N(CC(=O)Nc3ccc4[nH]c(=O)[nH]c4c3)[C@H]1CCCCCN2. The number of imidazole rings is 1. The van der Waals surface area contributed by atoms with Crippen LogP contribution in [0.25, 0.3) is 11.0 Å². The molecule has 32 heavy (non-hydrogen) atoms. The summed E-state index contributed by atoms with van der Waals surface area (Å²) in [5, 5.41) is 6.87. The third kappa shape index (κ3) is 4.10. The summed E-state index contributed by atoms with van der Waals surface area (Å²) in [5.41, 5.74) is 3.11. The van der Waals surface area contributed by atoms with Gasteiger partial charge >= 0.3 is 5.69 Å². The molecule has 3 aromatic rings. The monoisotopic (exact) mass is 433 g/mol. The maximum atomic E-state index is 13.2. The lowest BCUT2D eigenvalue weighted by Crippen LogP contribution is -2.54. The second-order valence-corrected chi connectivity index (χ2v) is 9.40. The highest BCUT2D eigenvalue weighted by Gasteiger charge is 2.49. The Balaban J connectivity index is 1.39. The number of nitrogens with one attached hydrogen (secondary N) is 4. The Hall–Kier alpha value is -2.90. The average Bonchev–Trinajstić information content (AvgIpc) is 3.25. The fourth-order valence-corrected chi connectivity index (χ4v) is 5.61. The summed E-state index contributed by atoms with van der Waals surface area (Å²) < 4.78 is 0.